The van der Waals surface area contributed by atoms with Crippen LogP contribution in [0, 0.1) is 0 Å². The second-order valence-corrected chi connectivity index (χ2v) is 5.27. The lowest BCUT2D eigenvalue weighted by Crippen LogP contribution is -2.52. The minimum atomic E-state index is -4.62. The number of aromatic nitrogens is 2. The van der Waals surface area contributed by atoms with E-state index >= 15 is 0 Å². The molecule has 2 heterocycles. The summed E-state index contributed by atoms with van der Waals surface area (Å²) in [6.45, 7) is 6.41. The zero-order valence-electron chi connectivity index (χ0n) is 11.3. The van der Waals surface area contributed by atoms with Crippen molar-refractivity contribution in [2.75, 3.05) is 26.2 Å². The van der Waals surface area contributed by atoms with Gasteiger partial charge in [-0.3, -0.25) is 9.69 Å². The van der Waals surface area contributed by atoms with Crippen molar-refractivity contribution in [1.82, 2.24) is 20.2 Å². The summed E-state index contributed by atoms with van der Waals surface area (Å²) in [6, 6.07) is 0.483. The van der Waals surface area contributed by atoms with Gasteiger partial charge in [-0.05, 0) is 13.8 Å². The van der Waals surface area contributed by atoms with Crippen LogP contribution in [0.15, 0.2) is 10.9 Å². The Morgan fingerprint density at radius 1 is 1.25 bits per heavy atom. The molecule has 0 radical (unpaired) electrons. The van der Waals surface area contributed by atoms with Crippen molar-refractivity contribution in [2.45, 2.75) is 25.6 Å². The first-order valence-electron chi connectivity index (χ1n) is 6.36. The monoisotopic (exact) mass is 290 g/mol. The molecule has 8 heteroatoms. The number of piperazine rings is 1. The van der Waals surface area contributed by atoms with Crippen molar-refractivity contribution >= 4 is 0 Å². The van der Waals surface area contributed by atoms with Gasteiger partial charge >= 0.3 is 6.18 Å². The van der Waals surface area contributed by atoms with E-state index in [1.807, 2.05) is 4.90 Å². The van der Waals surface area contributed by atoms with Gasteiger partial charge in [-0.2, -0.15) is 13.2 Å². The minimum absolute atomic E-state index is 0.0409. The number of hydrogen-bond donors (Lipinski definition) is 2. The summed E-state index contributed by atoms with van der Waals surface area (Å²) in [5.41, 5.74) is -2.70. The van der Waals surface area contributed by atoms with E-state index in [-0.39, 0.29) is 5.82 Å². The zero-order valence-corrected chi connectivity index (χ0v) is 11.3. The Bertz CT molecular complexity index is 532. The molecule has 1 fully saturated rings. The summed E-state index contributed by atoms with van der Waals surface area (Å²) >= 11 is 0. The summed E-state index contributed by atoms with van der Waals surface area (Å²) in [5, 5.41) is 3.17. The Hall–Kier alpha value is -1.41. The van der Waals surface area contributed by atoms with E-state index in [4.69, 9.17) is 0 Å². The Morgan fingerprint density at radius 2 is 1.85 bits per heavy atom. The molecule has 1 aromatic rings. The molecule has 112 valence electrons. The highest BCUT2D eigenvalue weighted by Gasteiger charge is 2.37. The fourth-order valence-electron chi connectivity index (χ4n) is 2.27. The minimum Gasteiger partial charge on any atom is -0.314 e. The SMILES string of the molecule is CC(C)(c1nc(C(F)(F)F)cc(=O)[nH]1)N1CCNCC1. The lowest BCUT2D eigenvalue weighted by atomic mass is 10.0. The molecule has 0 amide bonds. The highest BCUT2D eigenvalue weighted by Crippen LogP contribution is 2.29. The summed E-state index contributed by atoms with van der Waals surface area (Å²) < 4.78 is 38.2. The van der Waals surface area contributed by atoms with Crippen molar-refractivity contribution in [3.05, 3.63) is 27.9 Å². The molecule has 0 aromatic carbocycles. The highest BCUT2D eigenvalue weighted by molar-refractivity contribution is 5.12. The molecule has 1 aliphatic rings. The summed E-state index contributed by atoms with van der Waals surface area (Å²) in [5.74, 6) is 0.0409. The van der Waals surface area contributed by atoms with Crippen LogP contribution in [0.25, 0.3) is 0 Å². The Labute approximate surface area is 114 Å². The van der Waals surface area contributed by atoms with Gasteiger partial charge in [0.25, 0.3) is 5.56 Å². The molecule has 0 atom stereocenters. The second-order valence-electron chi connectivity index (χ2n) is 5.27. The fraction of sp³-hybridized carbons (Fsp3) is 0.667. The van der Waals surface area contributed by atoms with Crippen LogP contribution in [0.3, 0.4) is 0 Å². The third kappa shape index (κ3) is 3.01. The third-order valence-corrected chi connectivity index (χ3v) is 3.52. The third-order valence-electron chi connectivity index (χ3n) is 3.52. The van der Waals surface area contributed by atoms with Crippen molar-refractivity contribution < 1.29 is 13.2 Å². The summed E-state index contributed by atoms with van der Waals surface area (Å²) in [4.78, 5) is 19.5. The predicted octanol–water partition coefficient (Wildman–Crippen LogP) is 0.929. The van der Waals surface area contributed by atoms with Gasteiger partial charge in [0.2, 0.25) is 0 Å². The average Bonchev–Trinajstić information content (AvgIpc) is 2.38. The molecule has 0 spiro atoms. The van der Waals surface area contributed by atoms with E-state index < -0.39 is 23.0 Å². The number of aromatic amines is 1. The van der Waals surface area contributed by atoms with Gasteiger partial charge in [-0.15, -0.1) is 0 Å². The number of rotatable bonds is 2. The predicted molar refractivity (Wildman–Crippen MR) is 67.3 cm³/mol. The molecule has 0 bridgehead atoms. The molecule has 2 rings (SSSR count). The first-order valence-corrected chi connectivity index (χ1v) is 6.36. The lowest BCUT2D eigenvalue weighted by Gasteiger charge is -2.40. The number of nitrogens with one attached hydrogen (secondary N) is 2. The first kappa shape index (κ1) is 15.0. The second kappa shape index (κ2) is 5.17. The van der Waals surface area contributed by atoms with Crippen molar-refractivity contribution in [3.8, 4) is 0 Å². The Morgan fingerprint density at radius 3 is 2.40 bits per heavy atom. The van der Waals surface area contributed by atoms with Gasteiger partial charge in [0, 0.05) is 32.2 Å². The Balaban J connectivity index is 2.40. The molecule has 1 saturated heterocycles. The van der Waals surface area contributed by atoms with Gasteiger partial charge in [0.15, 0.2) is 5.69 Å². The molecular weight excluding hydrogens is 273 g/mol. The molecule has 20 heavy (non-hydrogen) atoms. The number of H-pyrrole nitrogens is 1. The molecule has 0 saturated carbocycles. The van der Waals surface area contributed by atoms with Crippen LogP contribution in [0.1, 0.15) is 25.4 Å². The quantitative estimate of drug-likeness (QED) is 0.850. The van der Waals surface area contributed by atoms with Crippen LogP contribution >= 0.6 is 0 Å². The van der Waals surface area contributed by atoms with Crippen LogP contribution < -0.4 is 10.9 Å². The van der Waals surface area contributed by atoms with Crippen LogP contribution in [-0.2, 0) is 11.7 Å². The van der Waals surface area contributed by atoms with E-state index in [1.54, 1.807) is 13.8 Å². The van der Waals surface area contributed by atoms with Crippen LogP contribution in [0.4, 0.5) is 13.2 Å². The van der Waals surface area contributed by atoms with Gasteiger partial charge in [-0.25, -0.2) is 4.98 Å². The number of hydrogen-bond acceptors (Lipinski definition) is 4. The van der Waals surface area contributed by atoms with Gasteiger partial charge in [-0.1, -0.05) is 0 Å². The molecule has 5 nitrogen and oxygen atoms in total. The van der Waals surface area contributed by atoms with Gasteiger partial charge in [0.05, 0.1) is 5.54 Å². The van der Waals surface area contributed by atoms with Crippen molar-refractivity contribution in [3.63, 3.8) is 0 Å². The van der Waals surface area contributed by atoms with E-state index in [2.05, 4.69) is 15.3 Å². The maximum absolute atomic E-state index is 12.7. The zero-order chi connectivity index (χ0) is 15.0. The fourth-order valence-corrected chi connectivity index (χ4v) is 2.27. The molecule has 1 aromatic heterocycles. The molecule has 1 aliphatic heterocycles. The van der Waals surface area contributed by atoms with E-state index in [0.29, 0.717) is 19.2 Å². The molecule has 2 N–H and O–H groups in total. The number of alkyl halides is 3. The van der Waals surface area contributed by atoms with Crippen molar-refractivity contribution in [1.29, 1.82) is 0 Å². The maximum atomic E-state index is 12.7. The van der Waals surface area contributed by atoms with E-state index in [1.165, 1.54) is 0 Å². The van der Waals surface area contributed by atoms with Crippen molar-refractivity contribution in [2.24, 2.45) is 0 Å². The Kier molecular flexibility index (Phi) is 3.88. The van der Waals surface area contributed by atoms with Gasteiger partial charge < -0.3 is 10.3 Å². The van der Waals surface area contributed by atoms with Crippen LogP contribution in [0.5, 0.6) is 0 Å². The van der Waals surface area contributed by atoms with Crippen LogP contribution in [0.2, 0.25) is 0 Å². The number of halogens is 3. The molecule has 0 aliphatic carbocycles. The lowest BCUT2D eigenvalue weighted by molar-refractivity contribution is -0.141. The molecule has 0 unspecified atom stereocenters. The van der Waals surface area contributed by atoms with E-state index in [9.17, 15) is 18.0 Å². The maximum Gasteiger partial charge on any atom is 0.433 e. The summed E-state index contributed by atoms with van der Waals surface area (Å²) in [6.07, 6.45) is -4.62. The highest BCUT2D eigenvalue weighted by atomic mass is 19.4. The summed E-state index contributed by atoms with van der Waals surface area (Å²) in [7, 11) is 0. The standard InChI is InChI=1S/C12H17F3N4O/c1-11(2,19-5-3-16-4-6-19)10-17-8(12(13,14)15)7-9(20)18-10/h7,16H,3-6H2,1-2H3,(H,17,18,20). The largest absolute Gasteiger partial charge is 0.433 e. The smallest absolute Gasteiger partial charge is 0.314 e. The normalized spacial score (nSPS) is 18.2. The first-order chi connectivity index (χ1) is 9.21. The molecular formula is C12H17F3N4O. The number of nitrogens with zero attached hydrogens (tertiary/aromatic N) is 2. The average molecular weight is 290 g/mol. The topological polar surface area (TPSA) is 61.0 Å². The van der Waals surface area contributed by atoms with Crippen LogP contribution in [-0.4, -0.2) is 41.0 Å². The van der Waals surface area contributed by atoms with E-state index in [0.717, 1.165) is 13.1 Å². The van der Waals surface area contributed by atoms with Gasteiger partial charge in [0.1, 0.15) is 5.82 Å².